The summed E-state index contributed by atoms with van der Waals surface area (Å²) in [6.07, 6.45) is 8.52. The van der Waals surface area contributed by atoms with E-state index in [2.05, 4.69) is 37.4 Å². The van der Waals surface area contributed by atoms with E-state index in [-0.39, 0.29) is 0 Å². The highest BCUT2D eigenvalue weighted by atomic mass is 16.7. The fourth-order valence-electron chi connectivity index (χ4n) is 4.82. The molecule has 3 atom stereocenters. The molecule has 1 saturated carbocycles. The van der Waals surface area contributed by atoms with Crippen LogP contribution < -0.4 is 0 Å². The third-order valence-electron chi connectivity index (χ3n) is 5.72. The van der Waals surface area contributed by atoms with E-state index in [9.17, 15) is 0 Å². The van der Waals surface area contributed by atoms with Crippen LogP contribution in [0.5, 0.6) is 0 Å². The first kappa shape index (κ1) is 11.0. The van der Waals surface area contributed by atoms with Gasteiger partial charge < -0.3 is 0 Å². The number of piperidine rings is 1. The van der Waals surface area contributed by atoms with Crippen LogP contribution in [0, 0.1) is 0 Å². The van der Waals surface area contributed by atoms with Crippen LogP contribution in [-0.4, -0.2) is 23.3 Å². The third kappa shape index (κ3) is 1.25. The highest BCUT2D eigenvalue weighted by Crippen LogP contribution is 2.59. The average Bonchev–Trinajstić information content (AvgIpc) is 3.04. The second-order valence-electron chi connectivity index (χ2n) is 6.52. The number of benzene rings is 1. The molecule has 2 aliphatic heterocycles. The summed E-state index contributed by atoms with van der Waals surface area (Å²) in [6, 6.07) is 11.6. The van der Waals surface area contributed by atoms with Gasteiger partial charge in [-0.15, -0.1) is 0 Å². The maximum atomic E-state index is 6.40. The Labute approximate surface area is 109 Å². The minimum Gasteiger partial charge on any atom is -0.198 e. The van der Waals surface area contributed by atoms with E-state index in [1.54, 1.807) is 0 Å². The van der Waals surface area contributed by atoms with Crippen molar-refractivity contribution in [3.63, 3.8) is 0 Å². The summed E-state index contributed by atoms with van der Waals surface area (Å²) in [5.41, 5.74) is 1.90. The van der Waals surface area contributed by atoms with Gasteiger partial charge in [-0.25, -0.2) is 0 Å². The van der Waals surface area contributed by atoms with Crippen molar-refractivity contribution in [2.24, 2.45) is 0 Å². The molecule has 0 radical (unpaired) electrons. The van der Waals surface area contributed by atoms with Crippen LogP contribution >= 0.6 is 0 Å². The van der Waals surface area contributed by atoms with Crippen molar-refractivity contribution in [3.8, 4) is 0 Å². The number of fused-ring (bicyclic) bond motifs is 3. The average molecular weight is 244 g/mol. The van der Waals surface area contributed by atoms with Crippen molar-refractivity contribution in [3.05, 3.63) is 35.9 Å². The first-order valence-electron chi connectivity index (χ1n) is 7.33. The number of hydrogen-bond donors (Lipinski definition) is 0. The highest BCUT2D eigenvalue weighted by Gasteiger charge is 2.68. The first-order valence-corrected chi connectivity index (χ1v) is 7.33. The molecule has 0 amide bonds. The zero-order valence-corrected chi connectivity index (χ0v) is 11.1. The van der Waals surface area contributed by atoms with E-state index in [1.165, 1.54) is 44.1 Å². The van der Waals surface area contributed by atoms with Crippen LogP contribution in [0.15, 0.2) is 30.3 Å². The van der Waals surface area contributed by atoms with Gasteiger partial charge in [0.1, 0.15) is 17.7 Å². The third-order valence-corrected chi connectivity index (χ3v) is 5.72. The molecule has 1 spiro atoms. The molecule has 4 rings (SSSR count). The molecule has 0 N–H and O–H groups in total. The predicted octanol–water partition coefficient (Wildman–Crippen LogP) is 3.59. The summed E-state index contributed by atoms with van der Waals surface area (Å²) in [7, 11) is 2.34. The molecular weight excluding hydrogens is 222 g/mol. The standard InChI is InChI=1S/C16H22NO/c1-17-15(13-7-3-2-4-8-13)11-14(18-17)12-16(17)9-5-6-10-16/h2-4,7-8,14-15H,5-6,9-12H2,1H3/q+1. The number of quaternary nitrogens is 1. The molecule has 2 bridgehead atoms. The molecule has 3 aliphatic rings. The largest absolute Gasteiger partial charge is 0.198 e. The summed E-state index contributed by atoms with van der Waals surface area (Å²) in [5.74, 6) is 0. The van der Waals surface area contributed by atoms with E-state index in [4.69, 9.17) is 4.84 Å². The number of rotatable bonds is 1. The number of hydrogen-bond acceptors (Lipinski definition) is 1. The molecule has 2 heteroatoms. The van der Waals surface area contributed by atoms with Gasteiger partial charge in [-0.1, -0.05) is 30.3 Å². The second-order valence-corrected chi connectivity index (χ2v) is 6.52. The number of hydroxylamine groups is 3. The van der Waals surface area contributed by atoms with Crippen molar-refractivity contribution in [2.75, 3.05) is 7.05 Å². The smallest absolute Gasteiger partial charge is 0.147 e. The lowest BCUT2D eigenvalue weighted by atomic mass is 9.80. The maximum Gasteiger partial charge on any atom is 0.147 e. The van der Waals surface area contributed by atoms with Gasteiger partial charge in [-0.3, -0.25) is 0 Å². The molecule has 2 heterocycles. The fraction of sp³-hybridized carbons (Fsp3) is 0.625. The Hall–Kier alpha value is -0.860. The van der Waals surface area contributed by atoms with Gasteiger partial charge in [0.25, 0.3) is 0 Å². The predicted molar refractivity (Wildman–Crippen MR) is 70.7 cm³/mol. The van der Waals surface area contributed by atoms with Crippen LogP contribution in [0.3, 0.4) is 0 Å². The molecule has 3 fully saturated rings. The zero-order valence-electron chi connectivity index (χ0n) is 11.1. The summed E-state index contributed by atoms with van der Waals surface area (Å²) in [4.78, 5) is 6.40. The molecule has 2 saturated heterocycles. The molecule has 1 aliphatic carbocycles. The van der Waals surface area contributed by atoms with Gasteiger partial charge in [0.2, 0.25) is 0 Å². The molecule has 0 aromatic heterocycles. The van der Waals surface area contributed by atoms with Gasteiger partial charge >= 0.3 is 0 Å². The molecule has 2 nitrogen and oxygen atoms in total. The summed E-state index contributed by atoms with van der Waals surface area (Å²) in [6.45, 7) is 0. The Balaban J connectivity index is 1.75. The molecule has 1 aromatic rings. The molecule has 1 aromatic carbocycles. The highest BCUT2D eigenvalue weighted by molar-refractivity contribution is 5.19. The minimum atomic E-state index is 0.434. The van der Waals surface area contributed by atoms with Crippen molar-refractivity contribution >= 4 is 0 Å². The topological polar surface area (TPSA) is 9.23 Å². The lowest BCUT2D eigenvalue weighted by molar-refractivity contribution is -1.12. The van der Waals surface area contributed by atoms with E-state index in [0.717, 1.165) is 4.65 Å². The van der Waals surface area contributed by atoms with Crippen LogP contribution in [-0.2, 0) is 4.84 Å². The molecule has 3 unspecified atom stereocenters. The van der Waals surface area contributed by atoms with E-state index in [0.29, 0.717) is 17.7 Å². The van der Waals surface area contributed by atoms with Crippen molar-refractivity contribution in [1.82, 2.24) is 0 Å². The molecular formula is C16H22NO+. The van der Waals surface area contributed by atoms with Gasteiger partial charge in [0, 0.05) is 31.2 Å². The van der Waals surface area contributed by atoms with Crippen LogP contribution in [0.25, 0.3) is 0 Å². The maximum absolute atomic E-state index is 6.40. The van der Waals surface area contributed by atoms with E-state index >= 15 is 0 Å². The fourth-order valence-corrected chi connectivity index (χ4v) is 4.82. The van der Waals surface area contributed by atoms with Crippen molar-refractivity contribution in [1.29, 1.82) is 0 Å². The Morgan fingerprint density at radius 3 is 2.56 bits per heavy atom. The van der Waals surface area contributed by atoms with Gasteiger partial charge in [-0.05, 0) is 12.8 Å². The lowest BCUT2D eigenvalue weighted by Gasteiger charge is -2.44. The number of nitrogens with zero attached hydrogens (tertiary/aromatic N) is 1. The Bertz CT molecular complexity index is 451. The SMILES string of the molecule is C[N+]12OC(CC1c1ccccc1)CC21CCCC1. The zero-order chi connectivity index (χ0) is 12.2. The quantitative estimate of drug-likeness (QED) is 0.686. The van der Waals surface area contributed by atoms with Gasteiger partial charge in [-0.2, -0.15) is 9.48 Å². The minimum absolute atomic E-state index is 0.434. The van der Waals surface area contributed by atoms with E-state index < -0.39 is 0 Å². The van der Waals surface area contributed by atoms with Crippen LogP contribution in [0.2, 0.25) is 0 Å². The van der Waals surface area contributed by atoms with Crippen LogP contribution in [0.4, 0.5) is 0 Å². The Kier molecular flexibility index (Phi) is 2.19. The molecule has 96 valence electrons. The summed E-state index contributed by atoms with van der Waals surface area (Å²) < 4.78 is 0.863. The van der Waals surface area contributed by atoms with E-state index in [1.807, 2.05) is 0 Å². The normalized spacial score (nSPS) is 40.7. The Morgan fingerprint density at radius 2 is 1.89 bits per heavy atom. The second kappa shape index (κ2) is 3.58. The summed E-state index contributed by atoms with van der Waals surface area (Å²) in [5, 5.41) is 0. The first-order chi connectivity index (χ1) is 8.74. The lowest BCUT2D eigenvalue weighted by Crippen LogP contribution is -2.57. The Morgan fingerprint density at radius 1 is 1.17 bits per heavy atom. The summed E-state index contributed by atoms with van der Waals surface area (Å²) >= 11 is 0. The van der Waals surface area contributed by atoms with Gasteiger partial charge in [0.15, 0.2) is 0 Å². The van der Waals surface area contributed by atoms with Gasteiger partial charge in [0.05, 0.1) is 7.05 Å². The van der Waals surface area contributed by atoms with Crippen molar-refractivity contribution in [2.45, 2.75) is 56.2 Å². The molecule has 18 heavy (non-hydrogen) atoms. The van der Waals surface area contributed by atoms with Crippen LogP contribution in [0.1, 0.15) is 50.1 Å². The van der Waals surface area contributed by atoms with Crippen molar-refractivity contribution < 1.29 is 9.48 Å². The monoisotopic (exact) mass is 244 g/mol.